The van der Waals surface area contributed by atoms with Gasteiger partial charge in [0.15, 0.2) is 11.9 Å². The van der Waals surface area contributed by atoms with Gasteiger partial charge in [-0.1, -0.05) is 5.21 Å². The maximum atomic E-state index is 11.6. The summed E-state index contributed by atoms with van der Waals surface area (Å²) in [7, 11) is 0. The summed E-state index contributed by atoms with van der Waals surface area (Å²) in [5, 5.41) is 36.0. The van der Waals surface area contributed by atoms with Gasteiger partial charge in [0.25, 0.3) is 0 Å². The van der Waals surface area contributed by atoms with Crippen molar-refractivity contribution >= 4 is 5.97 Å². The molecular weight excluding hydrogens is 258 g/mol. The molecule has 0 unspecified atom stereocenters. The molecule has 0 aromatic carbocycles. The molecule has 0 bridgehead atoms. The molecule has 106 valence electrons. The molecule has 3 N–H and O–H groups in total. The lowest BCUT2D eigenvalue weighted by atomic mass is 10.0. The molecule has 1 fully saturated rings. The first-order valence-electron chi connectivity index (χ1n) is 5.73. The normalized spacial score (nSPS) is 30.5. The Kier molecular flexibility index (Phi) is 3.80. The standard InChI is InChI=1S/C10H15N3O6/c1-2-18-9(16)6-3-11-12-13(6)8-7(15)10(17,4-14)5-19-8/h3,7-8,14-15,17H,2,4-5H2,1H3/t7-,8+,10+/m0/s1. The van der Waals surface area contributed by atoms with Crippen molar-refractivity contribution in [2.24, 2.45) is 0 Å². The highest BCUT2D eigenvalue weighted by molar-refractivity contribution is 5.87. The minimum absolute atomic E-state index is 0.00640. The lowest BCUT2D eigenvalue weighted by molar-refractivity contribution is -0.0896. The molecule has 9 heteroatoms. The van der Waals surface area contributed by atoms with E-state index < -0.39 is 30.5 Å². The summed E-state index contributed by atoms with van der Waals surface area (Å²) in [6.07, 6.45) is -1.38. The van der Waals surface area contributed by atoms with Crippen molar-refractivity contribution in [2.75, 3.05) is 19.8 Å². The number of carbonyl (C=O) groups is 1. The number of hydrogen-bond acceptors (Lipinski definition) is 8. The van der Waals surface area contributed by atoms with Crippen molar-refractivity contribution in [3.8, 4) is 0 Å². The van der Waals surface area contributed by atoms with Gasteiger partial charge >= 0.3 is 5.97 Å². The van der Waals surface area contributed by atoms with Crippen LogP contribution in [-0.2, 0) is 9.47 Å². The van der Waals surface area contributed by atoms with E-state index in [0.29, 0.717) is 0 Å². The smallest absolute Gasteiger partial charge is 0.358 e. The van der Waals surface area contributed by atoms with Gasteiger partial charge in [-0.2, -0.15) is 0 Å². The summed E-state index contributed by atoms with van der Waals surface area (Å²) < 4.78 is 11.0. The van der Waals surface area contributed by atoms with Gasteiger partial charge in [0.05, 0.1) is 26.0 Å². The summed E-state index contributed by atoms with van der Waals surface area (Å²) in [6.45, 7) is 0.877. The van der Waals surface area contributed by atoms with E-state index in [4.69, 9.17) is 14.6 Å². The molecule has 0 amide bonds. The van der Waals surface area contributed by atoms with E-state index in [1.807, 2.05) is 0 Å². The first-order chi connectivity index (χ1) is 9.03. The largest absolute Gasteiger partial charge is 0.461 e. The number of esters is 1. The van der Waals surface area contributed by atoms with Gasteiger partial charge in [0.1, 0.15) is 11.7 Å². The lowest BCUT2D eigenvalue weighted by Gasteiger charge is -2.23. The Morgan fingerprint density at radius 2 is 2.47 bits per heavy atom. The molecule has 3 atom stereocenters. The fraction of sp³-hybridized carbons (Fsp3) is 0.700. The quantitative estimate of drug-likeness (QED) is 0.541. The molecule has 1 aliphatic rings. The molecule has 0 aliphatic carbocycles. The molecule has 0 spiro atoms. The Bertz CT molecular complexity index is 464. The second kappa shape index (κ2) is 5.21. The maximum Gasteiger partial charge on any atom is 0.358 e. The highest BCUT2D eigenvalue weighted by Crippen LogP contribution is 2.31. The molecule has 0 saturated carbocycles. The van der Waals surface area contributed by atoms with Gasteiger partial charge in [0, 0.05) is 0 Å². The van der Waals surface area contributed by atoms with E-state index in [-0.39, 0.29) is 18.9 Å². The van der Waals surface area contributed by atoms with Gasteiger partial charge in [-0.15, -0.1) is 5.10 Å². The SMILES string of the molecule is CCOC(=O)c1cnnn1[C@@H]1OC[C@](O)(CO)[C@H]1O. The third-order valence-electron chi connectivity index (χ3n) is 2.90. The van der Waals surface area contributed by atoms with Gasteiger partial charge in [-0.05, 0) is 6.92 Å². The van der Waals surface area contributed by atoms with E-state index in [0.717, 1.165) is 4.68 Å². The van der Waals surface area contributed by atoms with Crippen molar-refractivity contribution in [1.29, 1.82) is 0 Å². The van der Waals surface area contributed by atoms with E-state index in [1.165, 1.54) is 6.20 Å². The zero-order valence-corrected chi connectivity index (χ0v) is 10.3. The Morgan fingerprint density at radius 1 is 1.74 bits per heavy atom. The number of aromatic nitrogens is 3. The number of rotatable bonds is 4. The predicted octanol–water partition coefficient (Wildman–Crippen LogP) is -1.93. The molecule has 0 radical (unpaired) electrons. The maximum absolute atomic E-state index is 11.6. The van der Waals surface area contributed by atoms with Crippen molar-refractivity contribution in [3.05, 3.63) is 11.9 Å². The topological polar surface area (TPSA) is 127 Å². The van der Waals surface area contributed by atoms with Crippen LogP contribution in [0.3, 0.4) is 0 Å². The monoisotopic (exact) mass is 273 g/mol. The highest BCUT2D eigenvalue weighted by atomic mass is 16.6. The van der Waals surface area contributed by atoms with Crippen LogP contribution in [0.5, 0.6) is 0 Å². The second-order valence-corrected chi connectivity index (χ2v) is 4.19. The van der Waals surface area contributed by atoms with Crippen LogP contribution in [0.1, 0.15) is 23.6 Å². The van der Waals surface area contributed by atoms with E-state index in [9.17, 15) is 15.0 Å². The average Bonchev–Trinajstić information content (AvgIpc) is 2.97. The Morgan fingerprint density at radius 3 is 3.05 bits per heavy atom. The fourth-order valence-electron chi connectivity index (χ4n) is 1.80. The van der Waals surface area contributed by atoms with Crippen LogP contribution in [0.4, 0.5) is 0 Å². The summed E-state index contributed by atoms with van der Waals surface area (Å²) >= 11 is 0. The number of nitrogens with zero attached hydrogens (tertiary/aromatic N) is 3. The van der Waals surface area contributed by atoms with Crippen molar-refractivity contribution in [3.63, 3.8) is 0 Å². The molecule has 9 nitrogen and oxygen atoms in total. The second-order valence-electron chi connectivity index (χ2n) is 4.19. The summed E-state index contributed by atoms with van der Waals surface area (Å²) in [5.74, 6) is -0.664. The molecule has 1 aromatic heterocycles. The van der Waals surface area contributed by atoms with Gasteiger partial charge in [-0.25, -0.2) is 9.48 Å². The molecular formula is C10H15N3O6. The fourth-order valence-corrected chi connectivity index (χ4v) is 1.80. The first-order valence-corrected chi connectivity index (χ1v) is 5.73. The lowest BCUT2D eigenvalue weighted by Crippen LogP contribution is -2.46. The zero-order valence-electron chi connectivity index (χ0n) is 10.3. The molecule has 1 saturated heterocycles. The molecule has 1 aromatic rings. The molecule has 2 rings (SSSR count). The number of ether oxygens (including phenoxy) is 2. The first kappa shape index (κ1) is 13.9. The van der Waals surface area contributed by atoms with E-state index in [1.54, 1.807) is 6.92 Å². The highest BCUT2D eigenvalue weighted by Gasteiger charge is 2.49. The zero-order chi connectivity index (χ0) is 14.0. The molecule has 2 heterocycles. The van der Waals surface area contributed by atoms with Crippen LogP contribution in [0.2, 0.25) is 0 Å². The predicted molar refractivity (Wildman–Crippen MR) is 59.0 cm³/mol. The van der Waals surface area contributed by atoms with E-state index >= 15 is 0 Å². The van der Waals surface area contributed by atoms with Crippen LogP contribution >= 0.6 is 0 Å². The third kappa shape index (κ3) is 2.32. The van der Waals surface area contributed by atoms with Crippen molar-refractivity contribution < 1.29 is 29.6 Å². The van der Waals surface area contributed by atoms with Crippen molar-refractivity contribution in [2.45, 2.75) is 24.9 Å². The molecule has 19 heavy (non-hydrogen) atoms. The average molecular weight is 273 g/mol. The van der Waals surface area contributed by atoms with Crippen LogP contribution < -0.4 is 0 Å². The summed E-state index contributed by atoms with van der Waals surface area (Å²) in [5.41, 5.74) is -1.80. The van der Waals surface area contributed by atoms with Crippen LogP contribution in [0.15, 0.2) is 6.20 Å². The third-order valence-corrected chi connectivity index (χ3v) is 2.90. The number of aliphatic hydroxyl groups excluding tert-OH is 2. The van der Waals surface area contributed by atoms with Crippen LogP contribution in [0.25, 0.3) is 0 Å². The Hall–Kier alpha value is -1.55. The Balaban J connectivity index is 2.25. The number of aliphatic hydroxyl groups is 3. The van der Waals surface area contributed by atoms with Crippen LogP contribution in [-0.4, -0.2) is 67.8 Å². The number of hydrogen-bond donors (Lipinski definition) is 3. The summed E-state index contributed by atoms with van der Waals surface area (Å²) in [4.78, 5) is 11.6. The van der Waals surface area contributed by atoms with Gasteiger partial charge < -0.3 is 24.8 Å². The Labute approximate surface area is 108 Å². The van der Waals surface area contributed by atoms with Crippen molar-refractivity contribution in [1.82, 2.24) is 15.0 Å². The van der Waals surface area contributed by atoms with E-state index in [2.05, 4.69) is 10.3 Å². The van der Waals surface area contributed by atoms with Gasteiger partial charge in [0.2, 0.25) is 0 Å². The van der Waals surface area contributed by atoms with Gasteiger partial charge in [-0.3, -0.25) is 0 Å². The number of carbonyl (C=O) groups excluding carboxylic acids is 1. The summed E-state index contributed by atoms with van der Waals surface area (Å²) in [6, 6.07) is 0. The minimum Gasteiger partial charge on any atom is -0.461 e. The molecule has 1 aliphatic heterocycles. The minimum atomic E-state index is -1.79. The van der Waals surface area contributed by atoms with Crippen LogP contribution in [0, 0.1) is 0 Å².